The molecule has 2 aliphatic carbocycles. The molecular weight excluding hydrogens is 658 g/mol. The number of fused-ring (bicyclic) bond motifs is 1. The zero-order valence-electron chi connectivity index (χ0n) is 29.6. The first-order valence-electron chi connectivity index (χ1n) is 18.7. The van der Waals surface area contributed by atoms with Crippen LogP contribution < -0.4 is 27.2 Å². The van der Waals surface area contributed by atoms with E-state index in [4.69, 9.17) is 10.5 Å². The third-order valence-corrected chi connectivity index (χ3v) is 10.6. The highest BCUT2D eigenvalue weighted by Crippen LogP contribution is 2.32. The number of phenols is 1. The summed E-state index contributed by atoms with van der Waals surface area (Å²) in [6.07, 6.45) is 6.96. The second-order valence-corrected chi connectivity index (χ2v) is 14.4. The lowest BCUT2D eigenvalue weighted by Gasteiger charge is -2.28. The van der Waals surface area contributed by atoms with Crippen molar-refractivity contribution in [2.45, 2.75) is 82.5 Å². The second-order valence-electron chi connectivity index (χ2n) is 14.4. The van der Waals surface area contributed by atoms with Crippen molar-refractivity contribution >= 4 is 28.6 Å². The number of aromatic nitrogens is 1. The van der Waals surface area contributed by atoms with Crippen molar-refractivity contribution in [2.75, 3.05) is 25.0 Å². The zero-order chi connectivity index (χ0) is 36.5. The van der Waals surface area contributed by atoms with Gasteiger partial charge in [-0.1, -0.05) is 48.5 Å². The van der Waals surface area contributed by atoms with Crippen LogP contribution in [0, 0.1) is 11.8 Å². The van der Waals surface area contributed by atoms with Crippen molar-refractivity contribution in [3.8, 4) is 16.9 Å². The summed E-state index contributed by atoms with van der Waals surface area (Å²) in [5.74, 6) is 0.491. The molecule has 3 aromatic carbocycles. The van der Waals surface area contributed by atoms with Crippen molar-refractivity contribution in [1.82, 2.24) is 15.6 Å². The molecule has 276 valence electrons. The van der Waals surface area contributed by atoms with Crippen LogP contribution in [0.2, 0.25) is 0 Å². The molecule has 6 rings (SSSR count). The van der Waals surface area contributed by atoms with Crippen LogP contribution in [-0.2, 0) is 16.0 Å². The molecule has 2 amide bonds. The molecule has 52 heavy (non-hydrogen) atoms. The van der Waals surface area contributed by atoms with E-state index in [0.717, 1.165) is 87.4 Å². The van der Waals surface area contributed by atoms with Crippen molar-refractivity contribution in [1.29, 1.82) is 0 Å². The van der Waals surface area contributed by atoms with Crippen molar-refractivity contribution in [3.05, 3.63) is 94.3 Å². The summed E-state index contributed by atoms with van der Waals surface area (Å²) in [4.78, 5) is 40.3. The zero-order valence-corrected chi connectivity index (χ0v) is 29.6. The number of aliphatic hydroxyl groups is 1. The average molecular weight is 710 g/mol. The Balaban J connectivity index is 0.926. The smallest absolute Gasteiger partial charge is 0.411 e. The van der Waals surface area contributed by atoms with Gasteiger partial charge in [0.1, 0.15) is 11.9 Å². The Morgan fingerprint density at radius 1 is 0.923 bits per heavy atom. The van der Waals surface area contributed by atoms with Crippen LogP contribution >= 0.6 is 0 Å². The van der Waals surface area contributed by atoms with Gasteiger partial charge in [0.25, 0.3) is 0 Å². The number of anilines is 1. The summed E-state index contributed by atoms with van der Waals surface area (Å²) in [5.41, 5.74) is 10.4. The SMILES string of the molecule is N[C@H]1CC[C@H](OC(=O)Nc2cc(CCCNC(=O)C3CCC(CNC[C@H](O)c4ccc(O)c5[nH]c(=O)ccc45)CC3)ccc2-c2ccccc2)CC1. The predicted molar refractivity (Wildman–Crippen MR) is 203 cm³/mol. The molecule has 0 saturated heterocycles. The van der Waals surface area contributed by atoms with Gasteiger partial charge < -0.3 is 36.3 Å². The molecule has 2 aliphatic rings. The number of nitrogens with one attached hydrogen (secondary N) is 4. The van der Waals surface area contributed by atoms with Gasteiger partial charge in [-0.3, -0.25) is 14.9 Å². The molecule has 0 radical (unpaired) electrons. The number of hydrogen-bond donors (Lipinski definition) is 7. The summed E-state index contributed by atoms with van der Waals surface area (Å²) in [5, 5.41) is 31.1. The third kappa shape index (κ3) is 9.78. The second kappa shape index (κ2) is 17.7. The lowest BCUT2D eigenvalue weighted by atomic mass is 9.81. The Labute approximate surface area is 304 Å². The molecule has 11 heteroatoms. The normalized spacial score (nSPS) is 21.0. The van der Waals surface area contributed by atoms with Crippen molar-refractivity contribution in [3.63, 3.8) is 0 Å². The van der Waals surface area contributed by atoms with Crippen LogP contribution in [0.25, 0.3) is 22.0 Å². The van der Waals surface area contributed by atoms with Crippen LogP contribution in [0.5, 0.6) is 5.75 Å². The fourth-order valence-corrected chi connectivity index (χ4v) is 7.58. The molecule has 0 unspecified atom stereocenters. The van der Waals surface area contributed by atoms with Crippen LogP contribution in [0.4, 0.5) is 10.5 Å². The number of hydrogen-bond acceptors (Lipinski definition) is 8. The highest BCUT2D eigenvalue weighted by Gasteiger charge is 2.26. The number of benzene rings is 3. The maximum absolute atomic E-state index is 13.0. The van der Waals surface area contributed by atoms with E-state index in [1.807, 2.05) is 42.5 Å². The molecular formula is C41H51N5O6. The van der Waals surface area contributed by atoms with Gasteiger partial charge in [-0.2, -0.15) is 0 Å². The van der Waals surface area contributed by atoms with Gasteiger partial charge in [0.15, 0.2) is 0 Å². The van der Waals surface area contributed by atoms with Crippen LogP contribution in [-0.4, -0.2) is 59.0 Å². The fourth-order valence-electron chi connectivity index (χ4n) is 7.58. The van der Waals surface area contributed by atoms with Crippen molar-refractivity contribution < 1.29 is 24.5 Å². The highest BCUT2D eigenvalue weighted by atomic mass is 16.6. The largest absolute Gasteiger partial charge is 0.506 e. The summed E-state index contributed by atoms with van der Waals surface area (Å²) >= 11 is 0. The monoisotopic (exact) mass is 709 g/mol. The molecule has 1 aromatic heterocycles. The van der Waals surface area contributed by atoms with E-state index in [0.29, 0.717) is 41.2 Å². The summed E-state index contributed by atoms with van der Waals surface area (Å²) in [6, 6.07) is 22.4. The number of carbonyl (C=O) groups is 2. The van der Waals surface area contributed by atoms with Gasteiger partial charge in [0, 0.05) is 42.1 Å². The maximum Gasteiger partial charge on any atom is 0.411 e. The molecule has 2 saturated carbocycles. The first kappa shape index (κ1) is 37.1. The van der Waals surface area contributed by atoms with E-state index < -0.39 is 12.2 Å². The average Bonchev–Trinajstić information content (AvgIpc) is 3.15. The lowest BCUT2D eigenvalue weighted by Crippen LogP contribution is -2.36. The number of phenolic OH excluding ortho intramolecular Hbond substituents is 1. The number of ether oxygens (including phenoxy) is 1. The molecule has 4 aromatic rings. The lowest BCUT2D eigenvalue weighted by molar-refractivity contribution is -0.126. The Hall–Kier alpha value is -4.71. The molecule has 0 bridgehead atoms. The third-order valence-electron chi connectivity index (χ3n) is 10.6. The Morgan fingerprint density at radius 2 is 1.69 bits per heavy atom. The minimum Gasteiger partial charge on any atom is -0.506 e. The minimum atomic E-state index is -0.802. The number of nitrogens with two attached hydrogens (primary N) is 1. The standard InChI is InChI=1S/C41H51N5O6/c42-30-13-15-31(16-14-30)52-41(51)45-35-23-26(10-17-32(35)28-6-2-1-3-7-28)5-4-22-44-40(50)29-11-8-27(9-12-29)24-43-25-37(48)33-18-20-36(47)39-34(33)19-21-38(49)46-39/h1-3,6-7,10,17-21,23,27,29-31,37,43,47-48H,4-5,8-9,11-16,22,24-25,42H2,(H,44,50)(H,45,51)(H,46,49)/t27?,29?,30-,31-,37-/m0/s1. The number of aryl methyl sites for hydroxylation is 1. The maximum atomic E-state index is 13.0. The number of pyridine rings is 1. The van der Waals surface area contributed by atoms with E-state index in [9.17, 15) is 24.6 Å². The van der Waals surface area contributed by atoms with Gasteiger partial charge in [0.2, 0.25) is 11.5 Å². The van der Waals surface area contributed by atoms with Crippen molar-refractivity contribution in [2.24, 2.45) is 17.6 Å². The molecule has 0 aliphatic heterocycles. The van der Waals surface area contributed by atoms with E-state index in [1.165, 1.54) is 12.1 Å². The quantitative estimate of drug-likeness (QED) is 0.0839. The minimum absolute atomic E-state index is 0.000713. The fraction of sp³-hybridized carbons (Fsp3) is 0.439. The molecule has 8 N–H and O–H groups in total. The number of H-pyrrole nitrogens is 1. The van der Waals surface area contributed by atoms with E-state index in [1.54, 1.807) is 12.1 Å². The summed E-state index contributed by atoms with van der Waals surface area (Å²) in [6.45, 7) is 1.66. The number of carbonyl (C=O) groups excluding carboxylic acids is 2. The molecule has 1 heterocycles. The number of aliphatic hydroxyl groups excluding tert-OH is 1. The van der Waals surface area contributed by atoms with Gasteiger partial charge in [-0.05, 0) is 112 Å². The first-order valence-corrected chi connectivity index (χ1v) is 18.7. The van der Waals surface area contributed by atoms with Crippen LogP contribution in [0.3, 0.4) is 0 Å². The van der Waals surface area contributed by atoms with E-state index in [2.05, 4.69) is 27.0 Å². The van der Waals surface area contributed by atoms with Gasteiger partial charge in [-0.15, -0.1) is 0 Å². The Bertz CT molecular complexity index is 1870. The Morgan fingerprint density at radius 3 is 2.46 bits per heavy atom. The van der Waals surface area contributed by atoms with Crippen LogP contribution in [0.1, 0.15) is 75.0 Å². The van der Waals surface area contributed by atoms with Crippen LogP contribution in [0.15, 0.2) is 77.6 Å². The molecule has 11 nitrogen and oxygen atoms in total. The van der Waals surface area contributed by atoms with Gasteiger partial charge in [0.05, 0.1) is 17.3 Å². The van der Waals surface area contributed by atoms with Gasteiger partial charge in [-0.25, -0.2) is 4.79 Å². The number of rotatable bonds is 13. The summed E-state index contributed by atoms with van der Waals surface area (Å²) < 4.78 is 5.75. The molecule has 1 atom stereocenters. The van der Waals surface area contributed by atoms with E-state index >= 15 is 0 Å². The topological polar surface area (TPSA) is 179 Å². The number of aromatic hydroxyl groups is 1. The predicted octanol–water partition coefficient (Wildman–Crippen LogP) is 5.90. The highest BCUT2D eigenvalue weighted by molar-refractivity contribution is 5.92. The summed E-state index contributed by atoms with van der Waals surface area (Å²) in [7, 11) is 0. The Kier molecular flexibility index (Phi) is 12.6. The van der Waals surface area contributed by atoms with Gasteiger partial charge >= 0.3 is 6.09 Å². The number of amides is 2. The molecule has 2 fully saturated rings. The first-order chi connectivity index (χ1) is 25.2. The number of aromatic amines is 1. The van der Waals surface area contributed by atoms with E-state index in [-0.39, 0.29) is 35.3 Å². The molecule has 0 spiro atoms.